The third-order valence-electron chi connectivity index (χ3n) is 15.1. The minimum atomic E-state index is -0.944. The number of fused-ring (bicyclic) bond motifs is 2. The topological polar surface area (TPSA) is 179 Å². The molecule has 17 heteroatoms. The number of hydrogen-bond donors (Lipinski definition) is 8. The van der Waals surface area contributed by atoms with E-state index >= 15 is 0 Å². The lowest BCUT2D eigenvalue weighted by molar-refractivity contribution is -0.124. The molecule has 14 nitrogen and oxygen atoms in total. The number of hydrogen-bond acceptors (Lipinski definition) is 6. The highest BCUT2D eigenvalue weighted by atomic mass is 127. The SMILES string of the molecule is CCN(CC)CCCC(C)NC(=O)C(Cc1c[nH]c2c(-c3ccc(C(C)C)c(NC(=O)NC(Cc4c[nH]c5ccccc45)C(=O)NC4CCN(Cc5ccccc5)CC4)c3C(C)I)cccc12)NC(=O)Nc1ccc(Cl)c(Cl)c1. The number of benzene rings is 5. The van der Waals surface area contributed by atoms with Crippen LogP contribution in [0.25, 0.3) is 32.9 Å². The molecule has 2 aromatic heterocycles. The van der Waals surface area contributed by atoms with Crippen LogP contribution in [0.5, 0.6) is 0 Å². The minimum Gasteiger partial charge on any atom is -0.361 e. The lowest BCUT2D eigenvalue weighted by Gasteiger charge is -2.33. The van der Waals surface area contributed by atoms with Gasteiger partial charge in [0.15, 0.2) is 0 Å². The zero-order chi connectivity index (χ0) is 56.2. The first-order chi connectivity index (χ1) is 38.1. The molecule has 79 heavy (non-hydrogen) atoms. The van der Waals surface area contributed by atoms with E-state index in [1.807, 2.05) is 61.8 Å². The van der Waals surface area contributed by atoms with Gasteiger partial charge in [-0.25, -0.2) is 9.59 Å². The summed E-state index contributed by atoms with van der Waals surface area (Å²) in [6.45, 7) is 18.0. The number of alkyl halides is 1. The minimum absolute atomic E-state index is 0.0259. The van der Waals surface area contributed by atoms with Gasteiger partial charge in [0, 0.05) is 88.4 Å². The molecule has 1 aliphatic rings. The van der Waals surface area contributed by atoms with E-state index in [0.717, 1.165) is 120 Å². The zero-order valence-electron chi connectivity index (χ0n) is 46.1. The Bertz CT molecular complexity index is 3210. The molecule has 0 radical (unpaired) electrons. The Morgan fingerprint density at radius 2 is 1.37 bits per heavy atom. The average molecular weight is 1220 g/mol. The number of carbonyl (C=O) groups is 4. The number of halogens is 3. The summed E-state index contributed by atoms with van der Waals surface area (Å²) in [5.41, 5.74) is 9.66. The summed E-state index contributed by atoms with van der Waals surface area (Å²) < 4.78 is -0.0790. The third kappa shape index (κ3) is 15.4. The van der Waals surface area contributed by atoms with Gasteiger partial charge in [-0.15, -0.1) is 0 Å². The van der Waals surface area contributed by atoms with Gasteiger partial charge in [-0.2, -0.15) is 0 Å². The number of likely N-dealkylation sites (tertiary alicyclic amines) is 1. The van der Waals surface area contributed by atoms with Crippen LogP contribution in [0.1, 0.15) is 105 Å². The molecule has 0 bridgehead atoms. The Morgan fingerprint density at radius 3 is 2.06 bits per heavy atom. The van der Waals surface area contributed by atoms with Crippen molar-refractivity contribution in [2.45, 2.75) is 121 Å². The quantitative estimate of drug-likeness (QED) is 0.0233. The van der Waals surface area contributed by atoms with Crippen LogP contribution < -0.4 is 31.9 Å². The van der Waals surface area contributed by atoms with Gasteiger partial charge >= 0.3 is 12.1 Å². The molecular formula is C62H75Cl2IN10O4. The number of anilines is 2. The van der Waals surface area contributed by atoms with E-state index in [2.05, 4.69) is 151 Å². The second-order valence-corrected chi connectivity index (χ2v) is 23.8. The standard InChI is InChI=1S/C62H75Cl2IN10O4/c1-7-74(8-2)29-15-16-39(5)68-59(76)54(71-61(78)70-45-23-26-51(63)52(64)34-45)33-43-36-67-57-48(43)20-14-21-50(57)49-25-24-46(38(3)4)58(56(49)40(6)65)73-62(79)72-55(32-42-35-66-53-22-13-12-19-47(42)53)60(77)69-44-27-30-75(31-28-44)37-41-17-10-9-11-18-41/h9-14,17-26,34-36,38-40,44,54-55,66-67H,7-8,15-16,27-33,37H2,1-6H3,(H,68,76)(H,69,77)(H2,70,71,78)(H2,72,73,79). The van der Waals surface area contributed by atoms with E-state index in [0.29, 0.717) is 21.4 Å². The molecule has 4 unspecified atom stereocenters. The number of urea groups is 2. The molecule has 1 fully saturated rings. The van der Waals surface area contributed by atoms with Gasteiger partial charge in [0.25, 0.3) is 0 Å². The van der Waals surface area contributed by atoms with Crippen LogP contribution in [0.3, 0.4) is 0 Å². The predicted molar refractivity (Wildman–Crippen MR) is 332 cm³/mol. The molecule has 0 aliphatic carbocycles. The van der Waals surface area contributed by atoms with Crippen LogP contribution in [-0.4, -0.2) is 101 Å². The molecule has 3 heterocycles. The second-order valence-electron chi connectivity index (χ2n) is 21.1. The highest BCUT2D eigenvalue weighted by Crippen LogP contribution is 2.44. The van der Waals surface area contributed by atoms with Crippen molar-refractivity contribution < 1.29 is 19.2 Å². The molecule has 5 aromatic carbocycles. The van der Waals surface area contributed by atoms with E-state index in [1.165, 1.54) is 5.56 Å². The maximum Gasteiger partial charge on any atom is 0.319 e. The Labute approximate surface area is 488 Å². The van der Waals surface area contributed by atoms with Crippen molar-refractivity contribution in [2.75, 3.05) is 43.4 Å². The van der Waals surface area contributed by atoms with Crippen molar-refractivity contribution in [3.8, 4) is 11.1 Å². The van der Waals surface area contributed by atoms with Crippen LogP contribution in [0.4, 0.5) is 21.0 Å². The van der Waals surface area contributed by atoms with Crippen molar-refractivity contribution in [2.24, 2.45) is 0 Å². The van der Waals surface area contributed by atoms with Crippen LogP contribution in [0.15, 0.2) is 116 Å². The first-order valence-electron chi connectivity index (χ1n) is 27.7. The summed E-state index contributed by atoms with van der Waals surface area (Å²) in [4.78, 5) is 68.7. The molecular weight excluding hydrogens is 1150 g/mol. The highest BCUT2D eigenvalue weighted by molar-refractivity contribution is 14.1. The first-order valence-corrected chi connectivity index (χ1v) is 29.7. The predicted octanol–water partition coefficient (Wildman–Crippen LogP) is 13.1. The first kappa shape index (κ1) is 59.0. The molecule has 4 atom stereocenters. The van der Waals surface area contributed by atoms with Crippen molar-refractivity contribution >= 4 is 103 Å². The zero-order valence-corrected chi connectivity index (χ0v) is 49.7. The number of carbonyl (C=O) groups excluding carboxylic acids is 4. The number of para-hydroxylation sites is 2. The van der Waals surface area contributed by atoms with E-state index in [4.69, 9.17) is 23.2 Å². The number of aromatic amines is 2. The molecule has 0 spiro atoms. The molecule has 0 saturated carbocycles. The van der Waals surface area contributed by atoms with Gasteiger partial charge in [0.1, 0.15) is 12.1 Å². The van der Waals surface area contributed by atoms with Crippen molar-refractivity contribution in [3.05, 3.63) is 153 Å². The van der Waals surface area contributed by atoms with Crippen LogP contribution in [-0.2, 0) is 29.0 Å². The van der Waals surface area contributed by atoms with E-state index in [1.54, 1.807) is 18.2 Å². The number of nitrogens with zero attached hydrogens (tertiary/aromatic N) is 2. The molecule has 1 aliphatic heterocycles. The normalized spacial score (nSPS) is 14.7. The summed E-state index contributed by atoms with van der Waals surface area (Å²) in [5, 5.41) is 21.2. The molecule has 7 aromatic rings. The number of H-pyrrole nitrogens is 2. The molecule has 8 N–H and O–H groups in total. The van der Waals surface area contributed by atoms with Crippen molar-refractivity contribution in [1.29, 1.82) is 0 Å². The summed E-state index contributed by atoms with van der Waals surface area (Å²) in [7, 11) is 0. The Morgan fingerprint density at radius 1 is 0.709 bits per heavy atom. The number of rotatable bonds is 23. The van der Waals surface area contributed by atoms with Gasteiger partial charge in [0.2, 0.25) is 11.8 Å². The second kappa shape index (κ2) is 27.9. The lowest BCUT2D eigenvalue weighted by atomic mass is 9.89. The summed E-state index contributed by atoms with van der Waals surface area (Å²) in [6.07, 6.45) is 7.61. The van der Waals surface area contributed by atoms with Gasteiger partial charge in [-0.3, -0.25) is 14.5 Å². The van der Waals surface area contributed by atoms with Gasteiger partial charge < -0.3 is 46.8 Å². The molecule has 6 amide bonds. The Balaban J connectivity index is 1.05. The third-order valence-corrected chi connectivity index (χ3v) is 16.5. The van der Waals surface area contributed by atoms with Crippen LogP contribution in [0.2, 0.25) is 10.0 Å². The summed E-state index contributed by atoms with van der Waals surface area (Å²) >= 11 is 14.8. The highest BCUT2D eigenvalue weighted by Gasteiger charge is 2.30. The Kier molecular flexibility index (Phi) is 20.8. The van der Waals surface area contributed by atoms with Gasteiger partial charge in [0.05, 0.1) is 21.2 Å². The summed E-state index contributed by atoms with van der Waals surface area (Å²) in [5.74, 6) is -0.483. The number of amides is 6. The number of nitrogens with one attached hydrogen (secondary N) is 8. The van der Waals surface area contributed by atoms with Gasteiger partial charge in [-0.1, -0.05) is 152 Å². The van der Waals surface area contributed by atoms with E-state index in [-0.39, 0.29) is 46.6 Å². The largest absolute Gasteiger partial charge is 0.361 e. The smallest absolute Gasteiger partial charge is 0.319 e. The monoisotopic (exact) mass is 1220 g/mol. The average Bonchev–Trinajstić information content (AvgIpc) is 4.10. The molecule has 1 saturated heterocycles. The van der Waals surface area contributed by atoms with Crippen molar-refractivity contribution in [1.82, 2.24) is 41.0 Å². The number of piperidine rings is 1. The Hall–Kier alpha value is -6.11. The number of aromatic nitrogens is 2. The fourth-order valence-electron chi connectivity index (χ4n) is 10.8. The van der Waals surface area contributed by atoms with Gasteiger partial charge in [-0.05, 0) is 123 Å². The molecule has 8 rings (SSSR count). The van der Waals surface area contributed by atoms with Crippen LogP contribution in [0, 0.1) is 0 Å². The van der Waals surface area contributed by atoms with Crippen LogP contribution >= 0.6 is 45.8 Å². The summed E-state index contributed by atoms with van der Waals surface area (Å²) in [6, 6.07) is 30.5. The maximum absolute atomic E-state index is 14.7. The maximum atomic E-state index is 14.7. The molecule has 418 valence electrons. The fraction of sp³-hybridized carbons (Fsp3) is 0.387. The van der Waals surface area contributed by atoms with Crippen molar-refractivity contribution in [3.63, 3.8) is 0 Å². The van der Waals surface area contributed by atoms with E-state index in [9.17, 15) is 19.2 Å². The lowest BCUT2D eigenvalue weighted by Crippen LogP contribution is -2.53. The fourth-order valence-corrected chi connectivity index (χ4v) is 11.8. The van der Waals surface area contributed by atoms with E-state index < -0.39 is 24.1 Å².